The van der Waals surface area contributed by atoms with E-state index in [9.17, 15) is 18.4 Å². The first kappa shape index (κ1) is 22.9. The highest BCUT2D eigenvalue weighted by molar-refractivity contribution is 5.55. The molecule has 168 valence electrons. The SMILES string of the molecule is COc1cc(F)c(C(CC=O)CN(C)c2c(C)ccn(C3CCN(C)C3)c2=O)c(F)c1. The zero-order valence-corrected chi connectivity index (χ0v) is 18.4. The number of anilines is 1. The Morgan fingerprint density at radius 1 is 1.32 bits per heavy atom. The Kier molecular flexibility index (Phi) is 7.10. The van der Waals surface area contributed by atoms with Crippen LogP contribution in [0.25, 0.3) is 0 Å². The van der Waals surface area contributed by atoms with Crippen LogP contribution in [0.2, 0.25) is 0 Å². The van der Waals surface area contributed by atoms with Gasteiger partial charge in [0, 0.05) is 56.4 Å². The third-order valence-electron chi connectivity index (χ3n) is 6.01. The Morgan fingerprint density at radius 2 is 2.00 bits per heavy atom. The zero-order chi connectivity index (χ0) is 22.7. The standard InChI is InChI=1S/C23H29F2N3O3/c1-15-5-9-28(17-6-8-26(2)14-17)23(30)22(15)27(3)13-16(7-10-29)21-19(24)11-18(31-4)12-20(21)25/h5,9-12,16-17H,6-8,13-14H2,1-4H3. The van der Waals surface area contributed by atoms with Gasteiger partial charge < -0.3 is 23.9 Å². The molecule has 1 aliphatic rings. The van der Waals surface area contributed by atoms with Crippen molar-refractivity contribution in [2.75, 3.05) is 45.7 Å². The van der Waals surface area contributed by atoms with Crippen molar-refractivity contribution in [1.82, 2.24) is 9.47 Å². The maximum Gasteiger partial charge on any atom is 0.274 e. The number of ether oxygens (including phenoxy) is 1. The second kappa shape index (κ2) is 9.60. The lowest BCUT2D eigenvalue weighted by Crippen LogP contribution is -2.35. The van der Waals surface area contributed by atoms with Crippen LogP contribution in [0.15, 0.2) is 29.2 Å². The lowest BCUT2D eigenvalue weighted by molar-refractivity contribution is -0.108. The summed E-state index contributed by atoms with van der Waals surface area (Å²) in [6.45, 7) is 3.67. The number of pyridine rings is 1. The van der Waals surface area contributed by atoms with E-state index in [4.69, 9.17) is 4.74 Å². The molecule has 0 bridgehead atoms. The molecule has 2 atom stereocenters. The number of benzene rings is 1. The molecule has 0 amide bonds. The van der Waals surface area contributed by atoms with Crippen LogP contribution >= 0.6 is 0 Å². The van der Waals surface area contributed by atoms with Gasteiger partial charge in [-0.05, 0) is 38.6 Å². The Bertz CT molecular complexity index is 985. The van der Waals surface area contributed by atoms with E-state index < -0.39 is 17.6 Å². The van der Waals surface area contributed by atoms with E-state index >= 15 is 0 Å². The third kappa shape index (κ3) is 4.79. The molecular formula is C23H29F2N3O3. The predicted molar refractivity (Wildman–Crippen MR) is 116 cm³/mol. The van der Waals surface area contributed by atoms with Gasteiger partial charge in [-0.2, -0.15) is 0 Å². The smallest absolute Gasteiger partial charge is 0.274 e. The second-order valence-corrected chi connectivity index (χ2v) is 8.25. The number of methoxy groups -OCH3 is 1. The number of aromatic nitrogens is 1. The Morgan fingerprint density at radius 3 is 2.55 bits per heavy atom. The van der Waals surface area contributed by atoms with Crippen molar-refractivity contribution in [3.05, 3.63) is 57.5 Å². The van der Waals surface area contributed by atoms with Crippen molar-refractivity contribution in [2.24, 2.45) is 0 Å². The first-order chi connectivity index (χ1) is 14.8. The summed E-state index contributed by atoms with van der Waals surface area (Å²) in [6, 6.07) is 4.18. The lowest BCUT2D eigenvalue weighted by Gasteiger charge is -2.27. The molecule has 0 spiro atoms. The quantitative estimate of drug-likeness (QED) is 0.599. The average Bonchev–Trinajstić information content (AvgIpc) is 3.13. The zero-order valence-electron chi connectivity index (χ0n) is 18.4. The number of hydrogen-bond donors (Lipinski definition) is 0. The summed E-state index contributed by atoms with van der Waals surface area (Å²) in [7, 11) is 5.07. The molecule has 0 radical (unpaired) electrons. The van der Waals surface area contributed by atoms with E-state index in [1.54, 1.807) is 16.5 Å². The van der Waals surface area contributed by atoms with Crippen LogP contribution in [-0.2, 0) is 4.79 Å². The fourth-order valence-electron chi connectivity index (χ4n) is 4.41. The summed E-state index contributed by atoms with van der Waals surface area (Å²) in [4.78, 5) is 28.4. The number of aryl methyl sites for hydroxylation is 1. The maximum absolute atomic E-state index is 14.7. The van der Waals surface area contributed by atoms with Crippen LogP contribution in [-0.4, -0.2) is 56.6 Å². The van der Waals surface area contributed by atoms with Crippen LogP contribution in [0, 0.1) is 18.6 Å². The molecule has 6 nitrogen and oxygen atoms in total. The molecule has 8 heteroatoms. The summed E-state index contributed by atoms with van der Waals surface area (Å²) in [5.74, 6) is -2.22. The van der Waals surface area contributed by atoms with Crippen molar-refractivity contribution in [2.45, 2.75) is 31.7 Å². The first-order valence-electron chi connectivity index (χ1n) is 10.3. The van der Waals surface area contributed by atoms with Crippen molar-refractivity contribution >= 4 is 12.0 Å². The molecule has 0 N–H and O–H groups in total. The predicted octanol–water partition coefficient (Wildman–Crippen LogP) is 3.13. The first-order valence-corrected chi connectivity index (χ1v) is 10.3. The van der Waals surface area contributed by atoms with Crippen molar-refractivity contribution in [3.8, 4) is 5.75 Å². The summed E-state index contributed by atoms with van der Waals surface area (Å²) in [5, 5.41) is 0. The number of rotatable bonds is 8. The Hall–Kier alpha value is -2.74. The van der Waals surface area contributed by atoms with Gasteiger partial charge in [0.25, 0.3) is 5.56 Å². The number of carbonyl (C=O) groups excluding carboxylic acids is 1. The summed E-state index contributed by atoms with van der Waals surface area (Å²) in [6.07, 6.45) is 3.27. The van der Waals surface area contributed by atoms with Crippen LogP contribution in [0.1, 0.15) is 35.9 Å². The highest BCUT2D eigenvalue weighted by Crippen LogP contribution is 2.30. The molecule has 2 aromatic rings. The summed E-state index contributed by atoms with van der Waals surface area (Å²) in [5.41, 5.74) is 0.937. The van der Waals surface area contributed by atoms with E-state index in [-0.39, 0.29) is 35.9 Å². The van der Waals surface area contributed by atoms with Gasteiger partial charge in [-0.3, -0.25) is 4.79 Å². The molecule has 1 aromatic carbocycles. The van der Waals surface area contributed by atoms with Crippen molar-refractivity contribution in [3.63, 3.8) is 0 Å². The van der Waals surface area contributed by atoms with Gasteiger partial charge in [0.05, 0.1) is 13.2 Å². The summed E-state index contributed by atoms with van der Waals surface area (Å²) < 4.78 is 36.0. The maximum atomic E-state index is 14.7. The molecule has 1 saturated heterocycles. The topological polar surface area (TPSA) is 54.8 Å². The third-order valence-corrected chi connectivity index (χ3v) is 6.01. The molecule has 2 unspecified atom stereocenters. The number of likely N-dealkylation sites (N-methyl/N-ethyl adjacent to an activating group) is 2. The van der Waals surface area contributed by atoms with Gasteiger partial charge in [-0.1, -0.05) is 0 Å². The molecule has 31 heavy (non-hydrogen) atoms. The van der Waals surface area contributed by atoms with Gasteiger partial charge in [-0.15, -0.1) is 0 Å². The van der Waals surface area contributed by atoms with E-state index in [1.165, 1.54) is 7.11 Å². The van der Waals surface area contributed by atoms with Gasteiger partial charge in [0.2, 0.25) is 0 Å². The number of hydrogen-bond acceptors (Lipinski definition) is 5. The number of likely N-dealkylation sites (tertiary alicyclic amines) is 1. The minimum absolute atomic E-state index is 0.0697. The fraction of sp³-hybridized carbons (Fsp3) is 0.478. The largest absolute Gasteiger partial charge is 0.497 e. The Labute approximate surface area is 181 Å². The Balaban J connectivity index is 1.94. The van der Waals surface area contributed by atoms with Gasteiger partial charge in [0.1, 0.15) is 29.4 Å². The van der Waals surface area contributed by atoms with Crippen LogP contribution < -0.4 is 15.2 Å². The van der Waals surface area contributed by atoms with Crippen LogP contribution in [0.3, 0.4) is 0 Å². The molecular weight excluding hydrogens is 404 g/mol. The molecule has 0 saturated carbocycles. The monoisotopic (exact) mass is 433 g/mol. The summed E-state index contributed by atoms with van der Waals surface area (Å²) >= 11 is 0. The second-order valence-electron chi connectivity index (χ2n) is 8.25. The number of aldehydes is 1. The van der Waals surface area contributed by atoms with E-state index in [1.807, 2.05) is 26.2 Å². The van der Waals surface area contributed by atoms with E-state index in [2.05, 4.69) is 4.90 Å². The highest BCUT2D eigenvalue weighted by Gasteiger charge is 2.27. The van der Waals surface area contributed by atoms with E-state index in [0.717, 1.165) is 37.2 Å². The van der Waals surface area contributed by atoms with Crippen molar-refractivity contribution in [1.29, 1.82) is 0 Å². The normalized spacial score (nSPS) is 17.5. The number of carbonyl (C=O) groups is 1. The van der Waals surface area contributed by atoms with E-state index in [0.29, 0.717) is 12.0 Å². The molecule has 0 aliphatic carbocycles. The van der Waals surface area contributed by atoms with Crippen molar-refractivity contribution < 1.29 is 18.3 Å². The van der Waals surface area contributed by atoms with Crippen LogP contribution in [0.5, 0.6) is 5.75 Å². The molecule has 1 aromatic heterocycles. The molecule has 1 fully saturated rings. The fourth-order valence-corrected chi connectivity index (χ4v) is 4.41. The molecule has 1 aliphatic heterocycles. The van der Waals surface area contributed by atoms with Gasteiger partial charge in [0.15, 0.2) is 0 Å². The average molecular weight is 433 g/mol. The number of nitrogens with zero attached hydrogens (tertiary/aromatic N) is 3. The van der Waals surface area contributed by atoms with Gasteiger partial charge in [-0.25, -0.2) is 8.78 Å². The number of halogens is 2. The molecule has 2 heterocycles. The van der Waals surface area contributed by atoms with Crippen LogP contribution in [0.4, 0.5) is 14.5 Å². The highest BCUT2D eigenvalue weighted by atomic mass is 19.1. The van der Waals surface area contributed by atoms with Gasteiger partial charge >= 0.3 is 0 Å². The molecule has 3 rings (SSSR count). The minimum Gasteiger partial charge on any atom is -0.497 e. The minimum atomic E-state index is -0.770. The lowest BCUT2D eigenvalue weighted by atomic mass is 9.94.